The lowest BCUT2D eigenvalue weighted by Crippen LogP contribution is -2.29. The van der Waals surface area contributed by atoms with Crippen molar-refractivity contribution in [2.45, 2.75) is 59.4 Å². The van der Waals surface area contributed by atoms with Crippen LogP contribution in [0.2, 0.25) is 0 Å². The molecule has 84 valence electrons. The molecule has 1 saturated heterocycles. The smallest absolute Gasteiger partial charge is 0.00387 e. The molecule has 0 radical (unpaired) electrons. The molecule has 0 bridgehead atoms. The fourth-order valence-electron chi connectivity index (χ4n) is 2.51. The van der Waals surface area contributed by atoms with Gasteiger partial charge in [-0.3, -0.25) is 0 Å². The van der Waals surface area contributed by atoms with Crippen LogP contribution < -0.4 is 0 Å². The molecule has 0 aliphatic carbocycles. The summed E-state index contributed by atoms with van der Waals surface area (Å²) < 4.78 is 0. The molecule has 1 aliphatic heterocycles. The van der Waals surface area contributed by atoms with Crippen molar-refractivity contribution >= 4 is 0 Å². The van der Waals surface area contributed by atoms with Gasteiger partial charge < -0.3 is 4.90 Å². The molecule has 0 aromatic heterocycles. The lowest BCUT2D eigenvalue weighted by Gasteiger charge is -2.22. The van der Waals surface area contributed by atoms with Crippen LogP contribution in [0.15, 0.2) is 0 Å². The van der Waals surface area contributed by atoms with Crippen molar-refractivity contribution in [2.75, 3.05) is 13.1 Å². The Bertz CT molecular complexity index is 153. The Morgan fingerprint density at radius 3 is 2.50 bits per heavy atom. The quantitative estimate of drug-likeness (QED) is 0.651. The van der Waals surface area contributed by atoms with E-state index in [9.17, 15) is 0 Å². The van der Waals surface area contributed by atoms with E-state index in [0.717, 1.165) is 17.9 Å². The third-order valence-corrected chi connectivity index (χ3v) is 3.80. The van der Waals surface area contributed by atoms with Gasteiger partial charge in [-0.25, -0.2) is 0 Å². The fourth-order valence-corrected chi connectivity index (χ4v) is 2.51. The largest absolute Gasteiger partial charge is 0.301 e. The predicted molar refractivity (Wildman–Crippen MR) is 63.5 cm³/mol. The molecule has 1 heterocycles. The van der Waals surface area contributed by atoms with Gasteiger partial charge in [0.2, 0.25) is 0 Å². The normalized spacial score (nSPS) is 25.9. The van der Waals surface area contributed by atoms with E-state index in [1.165, 1.54) is 38.8 Å². The highest BCUT2D eigenvalue weighted by molar-refractivity contribution is 4.80. The van der Waals surface area contributed by atoms with Crippen LogP contribution in [0.3, 0.4) is 0 Å². The van der Waals surface area contributed by atoms with Gasteiger partial charge in [-0.05, 0) is 38.6 Å². The fraction of sp³-hybridized carbons (Fsp3) is 1.00. The molecule has 1 fully saturated rings. The van der Waals surface area contributed by atoms with Gasteiger partial charge in [0.05, 0.1) is 0 Å². The molecule has 1 aliphatic rings. The van der Waals surface area contributed by atoms with Crippen LogP contribution in [0.4, 0.5) is 0 Å². The summed E-state index contributed by atoms with van der Waals surface area (Å²) in [6.07, 6.45) is 5.64. The second-order valence-electron chi connectivity index (χ2n) is 5.26. The highest BCUT2D eigenvalue weighted by Crippen LogP contribution is 2.28. The molecule has 1 rings (SSSR count). The number of nitrogens with zero attached hydrogens (tertiary/aromatic N) is 1. The summed E-state index contributed by atoms with van der Waals surface area (Å²) in [6.45, 7) is 12.1. The van der Waals surface area contributed by atoms with E-state index in [0.29, 0.717) is 0 Å². The minimum absolute atomic E-state index is 0.748. The molecule has 0 aromatic rings. The monoisotopic (exact) mass is 197 g/mol. The molecular formula is C13H27N. The Kier molecular flexibility index (Phi) is 4.94. The maximum atomic E-state index is 2.63. The second-order valence-corrected chi connectivity index (χ2v) is 5.26. The zero-order valence-electron chi connectivity index (χ0n) is 10.4. The van der Waals surface area contributed by atoms with Crippen LogP contribution in [0.1, 0.15) is 53.4 Å². The highest BCUT2D eigenvalue weighted by Gasteiger charge is 2.27. The molecule has 0 saturated carbocycles. The van der Waals surface area contributed by atoms with Crippen molar-refractivity contribution in [2.24, 2.45) is 11.8 Å². The molecule has 14 heavy (non-hydrogen) atoms. The Morgan fingerprint density at radius 1 is 1.29 bits per heavy atom. The molecule has 0 spiro atoms. The number of unbranched alkanes of at least 4 members (excludes halogenated alkanes) is 1. The molecule has 0 amide bonds. The van der Waals surface area contributed by atoms with E-state index in [2.05, 4.69) is 32.6 Å². The van der Waals surface area contributed by atoms with Crippen LogP contribution in [-0.4, -0.2) is 24.0 Å². The van der Waals surface area contributed by atoms with E-state index < -0.39 is 0 Å². The van der Waals surface area contributed by atoms with Crippen molar-refractivity contribution in [3.05, 3.63) is 0 Å². The lowest BCUT2D eigenvalue weighted by atomic mass is 9.89. The van der Waals surface area contributed by atoms with Gasteiger partial charge in [-0.15, -0.1) is 0 Å². The molecule has 2 atom stereocenters. The van der Waals surface area contributed by atoms with E-state index in [1.54, 1.807) is 0 Å². The first-order valence-electron chi connectivity index (χ1n) is 6.39. The summed E-state index contributed by atoms with van der Waals surface area (Å²) in [7, 11) is 0. The van der Waals surface area contributed by atoms with Crippen LogP contribution in [0.25, 0.3) is 0 Å². The Morgan fingerprint density at radius 2 is 2.00 bits per heavy atom. The summed E-state index contributed by atoms with van der Waals surface area (Å²) in [6, 6.07) is 0.748. The highest BCUT2D eigenvalue weighted by atomic mass is 15.2. The minimum Gasteiger partial charge on any atom is -0.301 e. The van der Waals surface area contributed by atoms with Gasteiger partial charge in [0.15, 0.2) is 0 Å². The number of likely N-dealkylation sites (tertiary alicyclic amines) is 1. The number of hydrogen-bond donors (Lipinski definition) is 0. The van der Waals surface area contributed by atoms with Gasteiger partial charge in [0.1, 0.15) is 0 Å². The Hall–Kier alpha value is -0.0400. The minimum atomic E-state index is 0.748. The van der Waals surface area contributed by atoms with E-state index in [4.69, 9.17) is 0 Å². The summed E-state index contributed by atoms with van der Waals surface area (Å²) in [5, 5.41) is 0. The van der Waals surface area contributed by atoms with Crippen LogP contribution >= 0.6 is 0 Å². The summed E-state index contributed by atoms with van der Waals surface area (Å²) in [5.41, 5.74) is 0. The topological polar surface area (TPSA) is 3.24 Å². The molecular weight excluding hydrogens is 170 g/mol. The standard InChI is InChI=1S/C13H27N/c1-5-6-7-12(4)13-8-9-14(10-13)11(2)3/h11-13H,5-10H2,1-4H3. The third-order valence-electron chi connectivity index (χ3n) is 3.80. The summed E-state index contributed by atoms with van der Waals surface area (Å²) in [4.78, 5) is 2.63. The Labute approximate surface area is 89.9 Å². The Balaban J connectivity index is 2.26. The van der Waals surface area contributed by atoms with E-state index in [1.807, 2.05) is 0 Å². The van der Waals surface area contributed by atoms with Crippen molar-refractivity contribution in [1.82, 2.24) is 4.90 Å². The first-order chi connectivity index (χ1) is 6.65. The zero-order chi connectivity index (χ0) is 10.6. The molecule has 2 unspecified atom stereocenters. The second kappa shape index (κ2) is 5.75. The lowest BCUT2D eigenvalue weighted by molar-refractivity contribution is 0.245. The molecule has 0 N–H and O–H groups in total. The third kappa shape index (κ3) is 3.27. The zero-order valence-corrected chi connectivity index (χ0v) is 10.4. The first kappa shape index (κ1) is 12.0. The SMILES string of the molecule is CCCCC(C)C1CCN(C(C)C)C1. The van der Waals surface area contributed by atoms with Crippen molar-refractivity contribution in [3.8, 4) is 0 Å². The number of hydrogen-bond acceptors (Lipinski definition) is 1. The molecule has 1 nitrogen and oxygen atoms in total. The average molecular weight is 197 g/mol. The van der Waals surface area contributed by atoms with Gasteiger partial charge in [0, 0.05) is 12.6 Å². The van der Waals surface area contributed by atoms with Crippen molar-refractivity contribution < 1.29 is 0 Å². The average Bonchev–Trinajstić information content (AvgIpc) is 2.62. The molecule has 1 heteroatoms. The van der Waals surface area contributed by atoms with Gasteiger partial charge >= 0.3 is 0 Å². The summed E-state index contributed by atoms with van der Waals surface area (Å²) in [5.74, 6) is 1.92. The van der Waals surface area contributed by atoms with Crippen molar-refractivity contribution in [3.63, 3.8) is 0 Å². The summed E-state index contributed by atoms with van der Waals surface area (Å²) >= 11 is 0. The van der Waals surface area contributed by atoms with E-state index in [-0.39, 0.29) is 0 Å². The van der Waals surface area contributed by atoms with Gasteiger partial charge in [0.25, 0.3) is 0 Å². The first-order valence-corrected chi connectivity index (χ1v) is 6.39. The number of rotatable bonds is 5. The van der Waals surface area contributed by atoms with Gasteiger partial charge in [-0.1, -0.05) is 33.1 Å². The van der Waals surface area contributed by atoms with Crippen LogP contribution in [-0.2, 0) is 0 Å². The maximum absolute atomic E-state index is 2.63. The van der Waals surface area contributed by atoms with Crippen molar-refractivity contribution in [1.29, 1.82) is 0 Å². The van der Waals surface area contributed by atoms with E-state index >= 15 is 0 Å². The van der Waals surface area contributed by atoms with Crippen LogP contribution in [0.5, 0.6) is 0 Å². The van der Waals surface area contributed by atoms with Crippen LogP contribution in [0, 0.1) is 11.8 Å². The molecule has 0 aromatic carbocycles. The van der Waals surface area contributed by atoms with Gasteiger partial charge in [-0.2, -0.15) is 0 Å². The maximum Gasteiger partial charge on any atom is 0.00387 e. The predicted octanol–water partition coefficient (Wildman–Crippen LogP) is 3.54.